The van der Waals surface area contributed by atoms with Crippen molar-refractivity contribution in [3.05, 3.63) is 78.2 Å². The Morgan fingerprint density at radius 3 is 2.44 bits per heavy atom. The Balaban J connectivity index is 1.50. The van der Waals surface area contributed by atoms with Gasteiger partial charge in [0.05, 0.1) is 16.5 Å². The molecule has 0 saturated heterocycles. The van der Waals surface area contributed by atoms with Crippen LogP contribution in [0.1, 0.15) is 22.8 Å². The van der Waals surface area contributed by atoms with E-state index in [-0.39, 0.29) is 17.3 Å². The van der Waals surface area contributed by atoms with Crippen LogP contribution in [0.4, 0.5) is 24.7 Å². The number of hydrogen-bond donors (Lipinski definition) is 2. The van der Waals surface area contributed by atoms with Crippen molar-refractivity contribution in [1.29, 1.82) is 0 Å². The van der Waals surface area contributed by atoms with Gasteiger partial charge >= 0.3 is 6.18 Å². The molecule has 2 amide bonds. The highest BCUT2D eigenvalue weighted by molar-refractivity contribution is 6.05. The van der Waals surface area contributed by atoms with Crippen molar-refractivity contribution >= 4 is 34.2 Å². The van der Waals surface area contributed by atoms with E-state index in [1.54, 1.807) is 25.1 Å². The number of anilines is 2. The van der Waals surface area contributed by atoms with Crippen LogP contribution >= 0.6 is 0 Å². The van der Waals surface area contributed by atoms with E-state index in [2.05, 4.69) is 37.4 Å². The Bertz CT molecular complexity index is 1510. The molecule has 8 nitrogen and oxygen atoms in total. The molecule has 0 aliphatic carbocycles. The maximum atomic E-state index is 12.9. The molecule has 0 saturated carbocycles. The first-order valence-electron chi connectivity index (χ1n) is 10.3. The number of rotatable bonds is 5. The SMILES string of the molecule is CC#CC(=O)Nc1ccc2ncnc(Oc3ccc(C(=O)Nc4cc(C(F)(F)F)ccn4)cc3)c2c1. The van der Waals surface area contributed by atoms with Crippen molar-refractivity contribution in [2.75, 3.05) is 10.6 Å². The molecule has 0 unspecified atom stereocenters. The molecule has 2 heterocycles. The average molecular weight is 491 g/mol. The third kappa shape index (κ3) is 5.74. The lowest BCUT2D eigenvalue weighted by Crippen LogP contribution is -2.14. The van der Waals surface area contributed by atoms with Crippen LogP contribution in [-0.2, 0) is 11.0 Å². The number of carbonyl (C=O) groups excluding carboxylic acids is 2. The van der Waals surface area contributed by atoms with Crippen molar-refractivity contribution in [1.82, 2.24) is 15.0 Å². The number of benzene rings is 2. The summed E-state index contributed by atoms with van der Waals surface area (Å²) >= 11 is 0. The minimum Gasteiger partial charge on any atom is -0.438 e. The second kappa shape index (κ2) is 10.1. The summed E-state index contributed by atoms with van der Waals surface area (Å²) in [5.41, 5.74) is 0.306. The van der Waals surface area contributed by atoms with E-state index in [4.69, 9.17) is 4.74 Å². The molecule has 180 valence electrons. The Morgan fingerprint density at radius 1 is 0.944 bits per heavy atom. The molecule has 0 spiro atoms. The summed E-state index contributed by atoms with van der Waals surface area (Å²) in [7, 11) is 0. The number of pyridine rings is 1. The molecular weight excluding hydrogens is 475 g/mol. The molecule has 0 aliphatic heterocycles. The van der Waals surface area contributed by atoms with Crippen molar-refractivity contribution in [3.8, 4) is 23.5 Å². The first-order chi connectivity index (χ1) is 17.2. The van der Waals surface area contributed by atoms with Crippen LogP contribution in [0, 0.1) is 11.8 Å². The average Bonchev–Trinajstić information content (AvgIpc) is 2.84. The number of nitrogens with one attached hydrogen (secondary N) is 2. The first kappa shape index (κ1) is 24.2. The van der Waals surface area contributed by atoms with Gasteiger partial charge in [-0.3, -0.25) is 9.59 Å². The summed E-state index contributed by atoms with van der Waals surface area (Å²) in [6.07, 6.45) is -2.26. The summed E-state index contributed by atoms with van der Waals surface area (Å²) in [4.78, 5) is 36.3. The molecule has 0 radical (unpaired) electrons. The lowest BCUT2D eigenvalue weighted by atomic mass is 10.2. The maximum Gasteiger partial charge on any atom is 0.416 e. The van der Waals surface area contributed by atoms with Crippen molar-refractivity contribution < 1.29 is 27.5 Å². The second-order valence-corrected chi connectivity index (χ2v) is 7.25. The molecule has 0 aliphatic rings. The number of halogens is 3. The zero-order chi connectivity index (χ0) is 25.7. The van der Waals surface area contributed by atoms with Crippen LogP contribution in [-0.4, -0.2) is 26.8 Å². The third-order valence-electron chi connectivity index (χ3n) is 4.76. The molecule has 11 heteroatoms. The number of hydrogen-bond acceptors (Lipinski definition) is 6. The number of amides is 2. The fourth-order valence-corrected chi connectivity index (χ4v) is 3.12. The van der Waals surface area contributed by atoms with Crippen molar-refractivity contribution in [2.45, 2.75) is 13.1 Å². The summed E-state index contributed by atoms with van der Waals surface area (Å²) in [5.74, 6) is 4.12. The second-order valence-electron chi connectivity index (χ2n) is 7.25. The predicted octanol–water partition coefficient (Wildman–Crippen LogP) is 5.05. The Kier molecular flexibility index (Phi) is 6.78. The summed E-state index contributed by atoms with van der Waals surface area (Å²) in [5, 5.41) is 5.51. The van der Waals surface area contributed by atoms with Gasteiger partial charge in [-0.15, -0.1) is 0 Å². The minimum atomic E-state index is -4.55. The van der Waals surface area contributed by atoms with E-state index in [1.165, 1.54) is 30.6 Å². The van der Waals surface area contributed by atoms with Crippen LogP contribution in [0.5, 0.6) is 11.6 Å². The van der Waals surface area contributed by atoms with Crippen LogP contribution in [0.25, 0.3) is 10.9 Å². The number of aromatic nitrogens is 3. The molecular formula is C25H16F3N5O3. The van der Waals surface area contributed by atoms with E-state index in [0.717, 1.165) is 18.3 Å². The Labute approximate surface area is 202 Å². The zero-order valence-electron chi connectivity index (χ0n) is 18.6. The van der Waals surface area contributed by atoms with E-state index >= 15 is 0 Å². The highest BCUT2D eigenvalue weighted by Crippen LogP contribution is 2.31. The van der Waals surface area contributed by atoms with E-state index < -0.39 is 23.6 Å². The molecule has 0 fully saturated rings. The Morgan fingerprint density at radius 2 is 1.72 bits per heavy atom. The molecule has 4 aromatic rings. The van der Waals surface area contributed by atoms with Crippen LogP contribution in [0.15, 0.2) is 67.1 Å². The van der Waals surface area contributed by atoms with Gasteiger partial charge in [0, 0.05) is 17.4 Å². The molecule has 0 bridgehead atoms. The topological polar surface area (TPSA) is 106 Å². The van der Waals surface area contributed by atoms with Crippen molar-refractivity contribution in [3.63, 3.8) is 0 Å². The minimum absolute atomic E-state index is 0.177. The predicted molar refractivity (Wildman–Crippen MR) is 125 cm³/mol. The molecule has 2 N–H and O–H groups in total. The van der Waals surface area contributed by atoms with Crippen LogP contribution in [0.3, 0.4) is 0 Å². The van der Waals surface area contributed by atoms with E-state index in [1.807, 2.05) is 0 Å². The van der Waals surface area contributed by atoms with Gasteiger partial charge in [0.25, 0.3) is 11.8 Å². The standard InChI is InChI=1S/C25H16F3N5O3/c1-2-3-22(34)32-17-6-9-20-19(13-17)24(31-14-30-20)36-18-7-4-15(5-8-18)23(35)33-21-12-16(10-11-29-21)25(26,27)28/h4-14H,1H3,(H,32,34)(H,29,33,35). The maximum absolute atomic E-state index is 12.9. The van der Waals surface area contributed by atoms with Crippen molar-refractivity contribution in [2.24, 2.45) is 0 Å². The monoisotopic (exact) mass is 491 g/mol. The number of ether oxygens (including phenoxy) is 1. The highest BCUT2D eigenvalue weighted by Gasteiger charge is 2.30. The van der Waals surface area contributed by atoms with Crippen LogP contribution in [0.2, 0.25) is 0 Å². The normalized spacial score (nSPS) is 10.8. The molecule has 36 heavy (non-hydrogen) atoms. The highest BCUT2D eigenvalue weighted by atomic mass is 19.4. The lowest BCUT2D eigenvalue weighted by molar-refractivity contribution is -0.137. The fourth-order valence-electron chi connectivity index (χ4n) is 3.12. The number of carbonyl (C=O) groups is 2. The molecule has 4 rings (SSSR count). The fraction of sp³-hybridized carbons (Fsp3) is 0.0800. The van der Waals surface area contributed by atoms with E-state index in [0.29, 0.717) is 22.3 Å². The zero-order valence-corrected chi connectivity index (χ0v) is 18.6. The number of nitrogens with zero attached hydrogens (tertiary/aromatic N) is 3. The smallest absolute Gasteiger partial charge is 0.416 e. The van der Waals surface area contributed by atoms with Gasteiger partial charge in [0.15, 0.2) is 0 Å². The van der Waals surface area contributed by atoms with Gasteiger partial charge in [-0.1, -0.05) is 5.92 Å². The summed E-state index contributed by atoms with van der Waals surface area (Å²) < 4.78 is 44.5. The third-order valence-corrected chi connectivity index (χ3v) is 4.76. The molecule has 0 atom stereocenters. The molecule has 2 aromatic carbocycles. The van der Waals surface area contributed by atoms with Gasteiger partial charge in [0.1, 0.15) is 17.9 Å². The molecule has 2 aromatic heterocycles. The Hall–Kier alpha value is -4.98. The summed E-state index contributed by atoms with van der Waals surface area (Å²) in [6, 6.07) is 12.5. The van der Waals surface area contributed by atoms with Gasteiger partial charge in [-0.2, -0.15) is 13.2 Å². The van der Waals surface area contributed by atoms with Crippen LogP contribution < -0.4 is 15.4 Å². The summed E-state index contributed by atoms with van der Waals surface area (Å²) in [6.45, 7) is 1.55. The number of fused-ring (bicyclic) bond motifs is 1. The number of alkyl halides is 3. The van der Waals surface area contributed by atoms with E-state index in [9.17, 15) is 22.8 Å². The van der Waals surface area contributed by atoms with Gasteiger partial charge in [0.2, 0.25) is 5.88 Å². The first-order valence-corrected chi connectivity index (χ1v) is 10.3. The van der Waals surface area contributed by atoms with Gasteiger partial charge in [-0.25, -0.2) is 15.0 Å². The van der Waals surface area contributed by atoms with Gasteiger partial charge < -0.3 is 15.4 Å². The van der Waals surface area contributed by atoms with Gasteiger partial charge in [-0.05, 0) is 67.4 Å². The lowest BCUT2D eigenvalue weighted by Gasteiger charge is -2.10. The largest absolute Gasteiger partial charge is 0.438 e. The quantitative estimate of drug-likeness (QED) is 0.379.